The molecule has 0 aliphatic carbocycles. The normalized spacial score (nSPS) is 10.5. The first kappa shape index (κ1) is 7.92. The zero-order valence-electron chi connectivity index (χ0n) is 6.72. The van der Waals surface area contributed by atoms with Crippen molar-refractivity contribution in [1.29, 1.82) is 0 Å². The molecule has 0 fully saturated rings. The van der Waals surface area contributed by atoms with E-state index in [4.69, 9.17) is 5.11 Å². The average molecular weight is 118 g/mol. The summed E-state index contributed by atoms with van der Waals surface area (Å²) in [5.41, 5.74) is 0. The summed E-state index contributed by atoms with van der Waals surface area (Å²) in [6, 6.07) is 0. The van der Waals surface area contributed by atoms with E-state index in [9.17, 15) is 0 Å². The second kappa shape index (κ2) is 5.06. The zero-order chi connectivity index (χ0) is 6.41. The molecule has 0 heterocycles. The zero-order valence-corrected chi connectivity index (χ0v) is 5.72. The molecule has 0 aliphatic heterocycles. The third-order valence-corrected chi connectivity index (χ3v) is 1.31. The van der Waals surface area contributed by atoms with E-state index in [1.807, 2.05) is 0 Å². The Hall–Kier alpha value is -0.0800. The highest BCUT2D eigenvalue weighted by atomic mass is 16.3. The number of hydrogen-bond donors (Lipinski definition) is 1. The van der Waals surface area contributed by atoms with Gasteiger partial charge in [-0.25, -0.2) is 0 Å². The molecule has 2 nitrogen and oxygen atoms in total. The Morgan fingerprint density at radius 2 is 1.88 bits per heavy atom. The molecule has 1 radical (unpaired) electrons. The Kier molecular flexibility index (Phi) is 5.01. The fraction of sp³-hybridized carbons (Fsp3) is 1.00. The second-order valence-corrected chi connectivity index (χ2v) is 1.75. The van der Waals surface area contributed by atoms with E-state index in [2.05, 4.69) is 18.7 Å². The van der Waals surface area contributed by atoms with E-state index in [1.165, 1.54) is 0 Å². The summed E-state index contributed by atoms with van der Waals surface area (Å²) in [5, 5.41) is 8.46. The van der Waals surface area contributed by atoms with Crippen molar-refractivity contribution in [2.24, 2.45) is 0 Å². The Balaban J connectivity index is 0. The quantitative estimate of drug-likeness (QED) is 0.578. The monoisotopic (exact) mass is 118 g/mol. The molecule has 2 heteroatoms. The molecule has 0 aromatic heterocycles. The van der Waals surface area contributed by atoms with Crippen molar-refractivity contribution in [3.63, 3.8) is 0 Å². The number of aliphatic hydroxyl groups excluding tert-OH is 1. The largest absolute Gasteiger partial charge is 0.395 e. The first-order valence-corrected chi connectivity index (χ1v) is 3.18. The van der Waals surface area contributed by atoms with Crippen molar-refractivity contribution in [3.05, 3.63) is 0 Å². The highest BCUT2D eigenvalue weighted by Crippen LogP contribution is 1.82. The fourth-order valence-corrected chi connectivity index (χ4v) is 0.681. The van der Waals surface area contributed by atoms with Crippen LogP contribution in [-0.2, 0) is 0 Å². The molecule has 0 rings (SSSR count). The van der Waals surface area contributed by atoms with Gasteiger partial charge in [0.25, 0.3) is 0 Å². The van der Waals surface area contributed by atoms with Crippen LogP contribution in [0.25, 0.3) is 0 Å². The lowest BCUT2D eigenvalue weighted by molar-refractivity contribution is 0.208. The Bertz CT molecular complexity index is 48.3. The van der Waals surface area contributed by atoms with E-state index in [0.717, 1.165) is 19.6 Å². The van der Waals surface area contributed by atoms with Gasteiger partial charge in [-0.05, 0) is 13.1 Å². The molecule has 0 atom stereocenters. The van der Waals surface area contributed by atoms with Crippen molar-refractivity contribution < 1.29 is 6.53 Å². The maximum Gasteiger partial charge on any atom is 0.0558 e. The smallest absolute Gasteiger partial charge is 0.0558 e. The Morgan fingerprint density at radius 3 is 2.00 bits per heavy atom. The molecule has 0 unspecified atom stereocenters. The summed E-state index contributed by atoms with van der Waals surface area (Å²) in [6.45, 7) is 7.36. The van der Waals surface area contributed by atoms with Crippen LogP contribution in [-0.4, -0.2) is 36.2 Å². The first-order valence-electron chi connectivity index (χ1n) is 3.18. The minimum Gasteiger partial charge on any atom is -0.395 e. The van der Waals surface area contributed by atoms with Crippen LogP contribution in [0, 0.1) is 0 Å². The number of hydrogen-bond acceptors (Lipinski definition) is 2. The lowest BCUT2D eigenvalue weighted by Crippen LogP contribution is -2.25. The minimum absolute atomic E-state index is 0. The third-order valence-electron chi connectivity index (χ3n) is 1.31. The van der Waals surface area contributed by atoms with Gasteiger partial charge in [0.2, 0.25) is 0 Å². The summed E-state index contributed by atoms with van der Waals surface area (Å²) >= 11 is 0. The van der Waals surface area contributed by atoms with Gasteiger partial charge < -0.3 is 10.0 Å². The molecule has 0 spiro atoms. The van der Waals surface area contributed by atoms with E-state index in [-0.39, 0.29) is 8.03 Å². The van der Waals surface area contributed by atoms with Gasteiger partial charge in [-0.1, -0.05) is 13.8 Å². The predicted octanol–water partition coefficient (Wildman–Crippen LogP) is 0.433. The van der Waals surface area contributed by atoms with Crippen LogP contribution < -0.4 is 0 Å². The lowest BCUT2D eigenvalue weighted by Gasteiger charge is -2.15. The average Bonchev–Trinajstić information content (AvgIpc) is 1.83. The van der Waals surface area contributed by atoms with Crippen LogP contribution in [0.3, 0.4) is 0 Å². The van der Waals surface area contributed by atoms with Gasteiger partial charge in [0, 0.05) is 7.97 Å². The number of likely N-dealkylation sites (N-methyl/N-ethyl adjacent to an activating group) is 1. The number of nitrogens with zero attached hydrogens (tertiary/aromatic N) is 1. The Labute approximate surface area is 52.6 Å². The summed E-state index contributed by atoms with van der Waals surface area (Å²) < 4.78 is 0. The maximum absolute atomic E-state index is 8.46. The molecule has 0 amide bonds. The number of rotatable bonds is 4. The summed E-state index contributed by atoms with van der Waals surface area (Å²) in [4.78, 5) is 2.18. The maximum atomic E-state index is 8.46. The van der Waals surface area contributed by atoms with Crippen LogP contribution >= 0.6 is 0 Å². The van der Waals surface area contributed by atoms with Crippen molar-refractivity contribution in [1.82, 2.24) is 4.90 Å². The van der Waals surface area contributed by atoms with Gasteiger partial charge in [0.15, 0.2) is 0 Å². The topological polar surface area (TPSA) is 23.5 Å². The van der Waals surface area contributed by atoms with Gasteiger partial charge in [0.1, 0.15) is 0 Å². The fourth-order valence-electron chi connectivity index (χ4n) is 0.681. The van der Waals surface area contributed by atoms with Gasteiger partial charge in [-0.2, -0.15) is 0 Å². The van der Waals surface area contributed by atoms with Gasteiger partial charge in [-0.3, -0.25) is 0 Å². The van der Waals surface area contributed by atoms with E-state index in [0.29, 0.717) is 0 Å². The van der Waals surface area contributed by atoms with Crippen LogP contribution in [0.1, 0.15) is 15.3 Å². The minimum atomic E-state index is 0. The van der Waals surface area contributed by atoms with Crippen LogP contribution in [0.15, 0.2) is 0 Å². The van der Waals surface area contributed by atoms with Crippen molar-refractivity contribution in [3.8, 4) is 0 Å². The first-order chi connectivity index (χ1) is 3.85. The van der Waals surface area contributed by atoms with Crippen molar-refractivity contribution in [2.75, 3.05) is 26.2 Å². The molecule has 1 N–H and O–H groups in total. The lowest BCUT2D eigenvalue weighted by atomic mass is 10.5. The molecular formula is C6H16NO. The Morgan fingerprint density at radius 1 is 1.38 bits per heavy atom. The molecule has 0 saturated heterocycles. The third kappa shape index (κ3) is 2.99. The summed E-state index contributed by atoms with van der Waals surface area (Å²) in [5.74, 6) is 0. The van der Waals surface area contributed by atoms with Crippen molar-refractivity contribution >= 4 is 0 Å². The molecule has 0 aliphatic rings. The van der Waals surface area contributed by atoms with Crippen molar-refractivity contribution in [2.45, 2.75) is 13.8 Å². The molecule has 0 aromatic rings. The molecular weight excluding hydrogens is 102 g/mol. The number of aliphatic hydroxyl groups is 1. The highest BCUT2D eigenvalue weighted by molar-refractivity contribution is 4.47. The molecule has 51 valence electrons. The van der Waals surface area contributed by atoms with Gasteiger partial charge >= 0.3 is 0 Å². The summed E-state index contributed by atoms with van der Waals surface area (Å²) in [6.07, 6.45) is 0. The highest BCUT2D eigenvalue weighted by Gasteiger charge is 1.93. The SMILES string of the molecule is CCN(CC)CCO.[H]. The van der Waals surface area contributed by atoms with Crippen LogP contribution in [0.4, 0.5) is 0 Å². The summed E-state index contributed by atoms with van der Waals surface area (Å²) in [7, 11) is 0. The second-order valence-electron chi connectivity index (χ2n) is 1.75. The van der Waals surface area contributed by atoms with Crippen LogP contribution in [0.5, 0.6) is 0 Å². The van der Waals surface area contributed by atoms with E-state index < -0.39 is 0 Å². The molecule has 8 heavy (non-hydrogen) atoms. The van der Waals surface area contributed by atoms with E-state index in [1.54, 1.807) is 0 Å². The van der Waals surface area contributed by atoms with E-state index >= 15 is 0 Å². The predicted molar refractivity (Wildman–Crippen MR) is 36.0 cm³/mol. The van der Waals surface area contributed by atoms with Gasteiger partial charge in [0.05, 0.1) is 6.61 Å². The molecule has 0 aromatic carbocycles. The van der Waals surface area contributed by atoms with Crippen LogP contribution in [0.2, 0.25) is 0 Å². The molecule has 0 bridgehead atoms. The van der Waals surface area contributed by atoms with Gasteiger partial charge in [-0.15, -0.1) is 0 Å². The standard InChI is InChI=1S/C6H15NO.H/c1-3-7(4-2)5-6-8;/h8H,3-6H2,1-2H3;. The molecule has 0 saturated carbocycles.